The number of aromatic carboxylic acids is 1. The van der Waals surface area contributed by atoms with E-state index in [1.807, 2.05) is 6.07 Å². The Bertz CT molecular complexity index is 1140. The van der Waals surface area contributed by atoms with Gasteiger partial charge in [-0.3, -0.25) is 0 Å². The van der Waals surface area contributed by atoms with Crippen LogP contribution in [0.4, 0.5) is 11.5 Å². The van der Waals surface area contributed by atoms with Crippen molar-refractivity contribution in [2.75, 3.05) is 11.9 Å². The van der Waals surface area contributed by atoms with Gasteiger partial charge < -0.3 is 10.4 Å². The molecule has 1 aromatic heterocycles. The molecule has 0 aliphatic heterocycles. The zero-order valence-corrected chi connectivity index (χ0v) is 17.6. The summed E-state index contributed by atoms with van der Waals surface area (Å²) >= 11 is 5.85. The molecule has 3 aromatic rings. The van der Waals surface area contributed by atoms with Gasteiger partial charge in [0.25, 0.3) is 0 Å². The number of rotatable bonds is 8. The highest BCUT2D eigenvalue weighted by Gasteiger charge is 2.25. The van der Waals surface area contributed by atoms with Crippen molar-refractivity contribution >= 4 is 39.1 Å². The first-order valence-electron chi connectivity index (χ1n) is 8.98. The van der Waals surface area contributed by atoms with E-state index in [1.165, 1.54) is 34.8 Å². The average molecular weight is 447 g/mol. The van der Waals surface area contributed by atoms with Crippen LogP contribution >= 0.6 is 11.6 Å². The fourth-order valence-corrected chi connectivity index (χ4v) is 4.21. The molecule has 0 unspecified atom stereocenters. The first-order chi connectivity index (χ1) is 14.3. The van der Waals surface area contributed by atoms with E-state index < -0.39 is 16.0 Å². The Morgan fingerprint density at radius 1 is 1.13 bits per heavy atom. The molecule has 3 rings (SSSR count). The zero-order valence-electron chi connectivity index (χ0n) is 16.0. The lowest BCUT2D eigenvalue weighted by molar-refractivity contribution is 0.0697. The van der Waals surface area contributed by atoms with Gasteiger partial charge in [-0.1, -0.05) is 36.7 Å². The number of benzene rings is 2. The van der Waals surface area contributed by atoms with E-state index in [9.17, 15) is 18.3 Å². The fourth-order valence-electron chi connectivity index (χ4n) is 2.68. The Morgan fingerprint density at radius 3 is 2.40 bits per heavy atom. The first-order valence-corrected chi connectivity index (χ1v) is 10.8. The second-order valence-corrected chi connectivity index (χ2v) is 8.60. The molecule has 0 atom stereocenters. The van der Waals surface area contributed by atoms with Crippen molar-refractivity contribution in [2.24, 2.45) is 0 Å². The number of hydrogen-bond donors (Lipinski definition) is 2. The van der Waals surface area contributed by atoms with Crippen molar-refractivity contribution in [3.05, 3.63) is 77.2 Å². The van der Waals surface area contributed by atoms with Crippen LogP contribution in [-0.2, 0) is 16.6 Å². The highest BCUT2D eigenvalue weighted by atomic mass is 35.5. The first kappa shape index (κ1) is 21.7. The second kappa shape index (κ2) is 9.21. The number of carbonyl (C=O) groups is 1. The lowest BCUT2D eigenvalue weighted by atomic mass is 10.2. The monoisotopic (exact) mass is 446 g/mol. The lowest BCUT2D eigenvalue weighted by Gasteiger charge is -2.20. The Morgan fingerprint density at radius 2 is 1.80 bits per heavy atom. The van der Waals surface area contributed by atoms with Crippen molar-refractivity contribution in [1.29, 1.82) is 0 Å². The predicted molar refractivity (Wildman–Crippen MR) is 113 cm³/mol. The summed E-state index contributed by atoms with van der Waals surface area (Å²) in [5, 5.41) is 12.8. The van der Waals surface area contributed by atoms with E-state index in [0.717, 1.165) is 0 Å². The standard InChI is InChI=1S/C20H19ClN4O4S/c1-2-25(30(28,29)16-10-8-14(21)9-11-16)13-18-22-12-17(20(26)27)19(24-18)23-15-6-4-3-5-7-15/h3-12H,2,13H2,1H3,(H,26,27)(H,22,23,24). The predicted octanol–water partition coefficient (Wildman–Crippen LogP) is 3.78. The number of sulfonamides is 1. The molecule has 0 saturated carbocycles. The van der Waals surface area contributed by atoms with Crippen LogP contribution in [0, 0.1) is 0 Å². The van der Waals surface area contributed by atoms with Crippen LogP contribution in [0.15, 0.2) is 65.7 Å². The van der Waals surface area contributed by atoms with Gasteiger partial charge in [0.05, 0.1) is 11.4 Å². The molecule has 0 spiro atoms. The minimum Gasteiger partial charge on any atom is -0.477 e. The van der Waals surface area contributed by atoms with Gasteiger partial charge in [-0.2, -0.15) is 4.31 Å². The summed E-state index contributed by atoms with van der Waals surface area (Å²) in [6.07, 6.45) is 1.17. The van der Waals surface area contributed by atoms with Gasteiger partial charge in [-0.05, 0) is 36.4 Å². The Kier molecular flexibility index (Phi) is 6.66. The summed E-state index contributed by atoms with van der Waals surface area (Å²) in [4.78, 5) is 20.0. The minimum absolute atomic E-state index is 0.0821. The molecule has 2 aromatic carbocycles. The van der Waals surface area contributed by atoms with E-state index in [2.05, 4.69) is 15.3 Å². The summed E-state index contributed by atoms with van der Waals surface area (Å²) in [6, 6.07) is 14.8. The van der Waals surface area contributed by atoms with Gasteiger partial charge in [-0.15, -0.1) is 0 Å². The molecular formula is C20H19ClN4O4S. The lowest BCUT2D eigenvalue weighted by Crippen LogP contribution is -2.31. The van der Waals surface area contributed by atoms with Crippen molar-refractivity contribution in [1.82, 2.24) is 14.3 Å². The normalized spacial score (nSPS) is 11.4. The molecule has 10 heteroatoms. The Balaban J connectivity index is 1.91. The molecule has 8 nitrogen and oxygen atoms in total. The third kappa shape index (κ3) is 4.93. The van der Waals surface area contributed by atoms with E-state index in [0.29, 0.717) is 10.7 Å². The van der Waals surface area contributed by atoms with Crippen LogP contribution in [0.25, 0.3) is 0 Å². The van der Waals surface area contributed by atoms with Crippen LogP contribution in [0.2, 0.25) is 5.02 Å². The number of para-hydroxylation sites is 1. The highest BCUT2D eigenvalue weighted by molar-refractivity contribution is 7.89. The molecule has 1 heterocycles. The van der Waals surface area contributed by atoms with Crippen LogP contribution in [0.3, 0.4) is 0 Å². The number of carboxylic acids is 1. The van der Waals surface area contributed by atoms with E-state index in [-0.39, 0.29) is 35.2 Å². The molecule has 0 bridgehead atoms. The van der Waals surface area contributed by atoms with Gasteiger partial charge in [0.15, 0.2) is 0 Å². The fraction of sp³-hybridized carbons (Fsp3) is 0.150. The third-order valence-corrected chi connectivity index (χ3v) is 6.41. The van der Waals surface area contributed by atoms with Gasteiger partial charge in [0, 0.05) is 23.5 Å². The number of halogens is 1. The number of hydrogen-bond acceptors (Lipinski definition) is 6. The summed E-state index contributed by atoms with van der Waals surface area (Å²) in [5.74, 6) is -0.947. The second-order valence-electron chi connectivity index (χ2n) is 6.23. The quantitative estimate of drug-likeness (QED) is 0.541. The number of aromatic nitrogens is 2. The molecular weight excluding hydrogens is 428 g/mol. The van der Waals surface area contributed by atoms with Crippen molar-refractivity contribution in [2.45, 2.75) is 18.4 Å². The van der Waals surface area contributed by atoms with Crippen molar-refractivity contribution in [3.8, 4) is 0 Å². The Labute approximate surface area is 179 Å². The molecule has 156 valence electrons. The topological polar surface area (TPSA) is 112 Å². The molecule has 2 N–H and O–H groups in total. The van der Waals surface area contributed by atoms with Gasteiger partial charge in [0.2, 0.25) is 10.0 Å². The highest BCUT2D eigenvalue weighted by Crippen LogP contribution is 2.22. The largest absolute Gasteiger partial charge is 0.477 e. The SMILES string of the molecule is CCN(Cc1ncc(C(=O)O)c(Nc2ccccc2)n1)S(=O)(=O)c1ccc(Cl)cc1. The van der Waals surface area contributed by atoms with Crippen LogP contribution in [-0.4, -0.2) is 40.3 Å². The van der Waals surface area contributed by atoms with Crippen molar-refractivity contribution < 1.29 is 18.3 Å². The van der Waals surface area contributed by atoms with Gasteiger partial charge in [0.1, 0.15) is 17.2 Å². The van der Waals surface area contributed by atoms with E-state index in [4.69, 9.17) is 11.6 Å². The van der Waals surface area contributed by atoms with Gasteiger partial charge in [-0.25, -0.2) is 23.2 Å². The summed E-state index contributed by atoms with van der Waals surface area (Å²) in [5.41, 5.74) is 0.525. The molecule has 0 aliphatic carbocycles. The maximum Gasteiger partial charge on any atom is 0.341 e. The number of carboxylic acid groups (broad SMARTS) is 1. The molecule has 0 saturated heterocycles. The Hall–Kier alpha value is -3.01. The number of nitrogens with one attached hydrogen (secondary N) is 1. The van der Waals surface area contributed by atoms with E-state index in [1.54, 1.807) is 31.2 Å². The summed E-state index contributed by atoms with van der Waals surface area (Å²) < 4.78 is 27.1. The minimum atomic E-state index is -3.81. The van der Waals surface area contributed by atoms with Crippen LogP contribution in [0.1, 0.15) is 23.1 Å². The summed E-state index contributed by atoms with van der Waals surface area (Å²) in [6.45, 7) is 1.75. The summed E-state index contributed by atoms with van der Waals surface area (Å²) in [7, 11) is -3.81. The van der Waals surface area contributed by atoms with E-state index >= 15 is 0 Å². The zero-order chi connectivity index (χ0) is 21.7. The third-order valence-electron chi connectivity index (χ3n) is 4.23. The molecule has 0 fully saturated rings. The number of anilines is 2. The number of nitrogens with zero attached hydrogens (tertiary/aromatic N) is 3. The maximum atomic E-state index is 12.9. The maximum absolute atomic E-state index is 12.9. The molecule has 0 radical (unpaired) electrons. The van der Waals surface area contributed by atoms with Crippen LogP contribution in [0.5, 0.6) is 0 Å². The van der Waals surface area contributed by atoms with Crippen molar-refractivity contribution in [3.63, 3.8) is 0 Å². The van der Waals surface area contributed by atoms with Crippen LogP contribution < -0.4 is 5.32 Å². The average Bonchev–Trinajstić information content (AvgIpc) is 2.73. The molecule has 0 amide bonds. The smallest absolute Gasteiger partial charge is 0.341 e. The van der Waals surface area contributed by atoms with Gasteiger partial charge >= 0.3 is 5.97 Å². The molecule has 0 aliphatic rings. The molecule has 30 heavy (non-hydrogen) atoms.